The van der Waals surface area contributed by atoms with E-state index in [-0.39, 0.29) is 16.8 Å². The average molecular weight is 392 g/mol. The normalized spacial score (nSPS) is 14.9. The van der Waals surface area contributed by atoms with Crippen molar-refractivity contribution >= 4 is 38.5 Å². The highest BCUT2D eigenvalue weighted by molar-refractivity contribution is 7.89. The molecule has 3 rings (SSSR count). The number of carbonyl (C=O) groups excluding carboxylic acids is 1. The molecule has 0 spiro atoms. The van der Waals surface area contributed by atoms with Crippen molar-refractivity contribution in [1.82, 2.24) is 9.71 Å². The monoisotopic (exact) mass is 391 g/mol. The number of benzene rings is 1. The Morgan fingerprint density at radius 2 is 1.96 bits per heavy atom. The predicted molar refractivity (Wildman–Crippen MR) is 104 cm³/mol. The lowest BCUT2D eigenvalue weighted by molar-refractivity contribution is -0.111. The summed E-state index contributed by atoms with van der Waals surface area (Å²) in [5.41, 5.74) is 1.79. The van der Waals surface area contributed by atoms with Crippen LogP contribution in [-0.2, 0) is 14.8 Å². The third-order valence-corrected chi connectivity index (χ3v) is 6.21. The quantitative estimate of drug-likeness (QED) is 0.709. The van der Waals surface area contributed by atoms with E-state index >= 15 is 0 Å². The summed E-state index contributed by atoms with van der Waals surface area (Å²) < 4.78 is 26.7. The van der Waals surface area contributed by atoms with E-state index in [1.165, 1.54) is 42.4 Å². The molecule has 26 heavy (non-hydrogen) atoms. The van der Waals surface area contributed by atoms with Gasteiger partial charge < -0.3 is 0 Å². The highest BCUT2D eigenvalue weighted by atomic mass is 32.2. The molecule has 2 N–H and O–H groups in total. The minimum atomic E-state index is -3.51. The number of hydrogen-bond acceptors (Lipinski definition) is 5. The van der Waals surface area contributed by atoms with Crippen molar-refractivity contribution in [3.05, 3.63) is 47.0 Å². The molecule has 1 saturated carbocycles. The van der Waals surface area contributed by atoms with E-state index in [1.54, 1.807) is 32.1 Å². The van der Waals surface area contributed by atoms with Crippen LogP contribution in [0.25, 0.3) is 6.08 Å². The molecule has 1 fully saturated rings. The van der Waals surface area contributed by atoms with E-state index in [4.69, 9.17) is 0 Å². The molecule has 1 heterocycles. The van der Waals surface area contributed by atoms with Gasteiger partial charge in [-0.15, -0.1) is 11.3 Å². The molecule has 8 heteroatoms. The van der Waals surface area contributed by atoms with Crippen LogP contribution in [0.1, 0.15) is 43.9 Å². The van der Waals surface area contributed by atoms with Gasteiger partial charge in [0.2, 0.25) is 15.9 Å². The number of nitrogens with one attached hydrogen (secondary N) is 2. The fourth-order valence-electron chi connectivity index (χ4n) is 2.37. The maximum absolute atomic E-state index is 12.1. The van der Waals surface area contributed by atoms with Crippen LogP contribution < -0.4 is 10.0 Å². The van der Waals surface area contributed by atoms with E-state index in [0.29, 0.717) is 11.0 Å². The lowest BCUT2D eigenvalue weighted by atomic mass is 10.2. The smallest absolute Gasteiger partial charge is 0.250 e. The molecule has 0 aliphatic heterocycles. The summed E-state index contributed by atoms with van der Waals surface area (Å²) >= 11 is 1.43. The molecule has 1 aromatic heterocycles. The molecule has 0 saturated heterocycles. The van der Waals surface area contributed by atoms with Crippen molar-refractivity contribution in [3.8, 4) is 0 Å². The van der Waals surface area contributed by atoms with Gasteiger partial charge in [-0.3, -0.25) is 10.1 Å². The zero-order valence-corrected chi connectivity index (χ0v) is 16.2. The van der Waals surface area contributed by atoms with E-state index in [2.05, 4.69) is 15.0 Å². The van der Waals surface area contributed by atoms with E-state index in [0.717, 1.165) is 11.3 Å². The highest BCUT2D eigenvalue weighted by Crippen LogP contribution is 2.40. The first-order valence-electron chi connectivity index (χ1n) is 8.40. The molecule has 1 aliphatic rings. The van der Waals surface area contributed by atoms with Crippen LogP contribution in [-0.4, -0.2) is 25.4 Å². The van der Waals surface area contributed by atoms with Gasteiger partial charge in [-0.25, -0.2) is 18.1 Å². The van der Waals surface area contributed by atoms with Crippen LogP contribution in [0.5, 0.6) is 0 Å². The summed E-state index contributed by atoms with van der Waals surface area (Å²) in [4.78, 5) is 16.6. The van der Waals surface area contributed by atoms with Crippen LogP contribution in [0.4, 0.5) is 5.13 Å². The van der Waals surface area contributed by atoms with Gasteiger partial charge in [0.25, 0.3) is 0 Å². The second kappa shape index (κ2) is 7.69. The molecule has 138 valence electrons. The number of aromatic nitrogens is 1. The topological polar surface area (TPSA) is 88.2 Å². The molecule has 1 aliphatic carbocycles. The fourth-order valence-corrected chi connectivity index (χ4v) is 4.41. The van der Waals surface area contributed by atoms with Crippen molar-refractivity contribution in [2.45, 2.75) is 43.5 Å². The van der Waals surface area contributed by atoms with Crippen LogP contribution in [0.2, 0.25) is 0 Å². The second-order valence-electron chi connectivity index (χ2n) is 6.52. The Balaban J connectivity index is 1.59. The minimum Gasteiger partial charge on any atom is -0.298 e. The largest absolute Gasteiger partial charge is 0.298 e. The Bertz CT molecular complexity index is 911. The first-order valence-corrected chi connectivity index (χ1v) is 10.8. The van der Waals surface area contributed by atoms with Crippen molar-refractivity contribution in [2.24, 2.45) is 0 Å². The number of hydrogen-bond donors (Lipinski definition) is 2. The van der Waals surface area contributed by atoms with E-state index in [9.17, 15) is 13.2 Å². The van der Waals surface area contributed by atoms with Gasteiger partial charge in [0.05, 0.1) is 10.6 Å². The zero-order valence-electron chi connectivity index (χ0n) is 14.6. The maximum atomic E-state index is 12.1. The molecule has 2 aromatic rings. The SMILES string of the molecule is CC(C)NS(=O)(=O)c1ccc(/C=C/C(=O)Nc2nc(C3CC3)cs2)cc1. The summed E-state index contributed by atoms with van der Waals surface area (Å²) in [5.74, 6) is 0.298. The van der Waals surface area contributed by atoms with Gasteiger partial charge in [0.15, 0.2) is 5.13 Å². The number of anilines is 1. The molecule has 0 bridgehead atoms. The van der Waals surface area contributed by atoms with E-state index in [1.807, 2.05) is 5.38 Å². The third-order valence-electron chi connectivity index (χ3n) is 3.76. The number of rotatable bonds is 7. The molecule has 6 nitrogen and oxygen atoms in total. The molecule has 0 radical (unpaired) electrons. The van der Waals surface area contributed by atoms with Gasteiger partial charge in [-0.05, 0) is 50.5 Å². The summed E-state index contributed by atoms with van der Waals surface area (Å²) in [5, 5.41) is 5.34. The summed E-state index contributed by atoms with van der Waals surface area (Å²) in [6.07, 6.45) is 5.40. The highest BCUT2D eigenvalue weighted by Gasteiger charge is 2.26. The van der Waals surface area contributed by atoms with Gasteiger partial charge in [0.1, 0.15) is 0 Å². The predicted octanol–water partition coefficient (Wildman–Crippen LogP) is 3.36. The van der Waals surface area contributed by atoms with Gasteiger partial charge in [0, 0.05) is 23.4 Å². The summed E-state index contributed by atoms with van der Waals surface area (Å²) in [6.45, 7) is 3.53. The second-order valence-corrected chi connectivity index (χ2v) is 9.09. The lowest BCUT2D eigenvalue weighted by Gasteiger charge is -2.09. The number of thiazole rings is 1. The van der Waals surface area contributed by atoms with Crippen LogP contribution >= 0.6 is 11.3 Å². The van der Waals surface area contributed by atoms with Crippen molar-refractivity contribution in [3.63, 3.8) is 0 Å². The molecule has 1 amide bonds. The third kappa shape index (κ3) is 5.00. The van der Waals surface area contributed by atoms with Crippen molar-refractivity contribution in [2.75, 3.05) is 5.32 Å². The first kappa shape index (κ1) is 18.8. The van der Waals surface area contributed by atoms with Crippen LogP contribution in [0, 0.1) is 0 Å². The maximum Gasteiger partial charge on any atom is 0.250 e. The number of carbonyl (C=O) groups is 1. The van der Waals surface area contributed by atoms with Crippen molar-refractivity contribution in [1.29, 1.82) is 0 Å². The van der Waals surface area contributed by atoms with Crippen LogP contribution in [0.15, 0.2) is 40.6 Å². The molecule has 0 atom stereocenters. The summed E-state index contributed by atoms with van der Waals surface area (Å²) in [7, 11) is -3.51. The van der Waals surface area contributed by atoms with Gasteiger partial charge >= 0.3 is 0 Å². The Hall–Kier alpha value is -2.03. The van der Waals surface area contributed by atoms with Gasteiger partial charge in [-0.2, -0.15) is 0 Å². The molecular formula is C18H21N3O3S2. The first-order chi connectivity index (χ1) is 12.3. The van der Waals surface area contributed by atoms with Gasteiger partial charge in [-0.1, -0.05) is 12.1 Å². The Morgan fingerprint density at radius 1 is 1.27 bits per heavy atom. The van der Waals surface area contributed by atoms with E-state index < -0.39 is 10.0 Å². The Kier molecular flexibility index (Phi) is 5.55. The Morgan fingerprint density at radius 3 is 2.58 bits per heavy atom. The average Bonchev–Trinajstić information content (AvgIpc) is 3.32. The molecule has 1 aromatic carbocycles. The number of amides is 1. The zero-order chi connectivity index (χ0) is 18.7. The standard InChI is InChI=1S/C18H21N3O3S2/c1-12(2)21-26(23,24)15-8-3-13(4-9-15)5-10-17(22)20-18-19-16(11-25-18)14-6-7-14/h3-5,8-12,14,21H,6-7H2,1-2H3,(H,19,20,22)/b10-5+. The number of sulfonamides is 1. The fraction of sp³-hybridized carbons (Fsp3) is 0.333. The minimum absolute atomic E-state index is 0.172. The Labute approximate surface area is 157 Å². The van der Waals surface area contributed by atoms with Crippen LogP contribution in [0.3, 0.4) is 0 Å². The molecular weight excluding hydrogens is 370 g/mol. The van der Waals surface area contributed by atoms with Crippen molar-refractivity contribution < 1.29 is 13.2 Å². The molecule has 0 unspecified atom stereocenters. The summed E-state index contributed by atoms with van der Waals surface area (Å²) in [6, 6.07) is 6.19. The lowest BCUT2D eigenvalue weighted by Crippen LogP contribution is -2.30. The number of nitrogens with zero attached hydrogens (tertiary/aromatic N) is 1.